The molecule has 0 radical (unpaired) electrons. The molecule has 2 aromatic heterocycles. The first-order chi connectivity index (χ1) is 12.4. The number of benzene rings is 1. The van der Waals surface area contributed by atoms with E-state index in [9.17, 15) is 18.0 Å². The van der Waals surface area contributed by atoms with E-state index in [1.807, 2.05) is 0 Å². The maximum atomic E-state index is 12.9. The van der Waals surface area contributed by atoms with Gasteiger partial charge in [0.25, 0.3) is 5.91 Å². The number of halogens is 3. The smallest absolute Gasteiger partial charge is 0.416 e. The Morgan fingerprint density at radius 2 is 2.04 bits per heavy atom. The fourth-order valence-corrected chi connectivity index (χ4v) is 2.25. The molecular weight excluding hydrogens is 349 g/mol. The molecule has 0 bridgehead atoms. The number of ether oxygens (including phenoxy) is 1. The van der Waals surface area contributed by atoms with E-state index in [1.54, 1.807) is 18.3 Å². The highest BCUT2D eigenvalue weighted by Crippen LogP contribution is 2.30. The highest BCUT2D eigenvalue weighted by molar-refractivity contribution is 6.04. The molecule has 26 heavy (non-hydrogen) atoms. The highest BCUT2D eigenvalue weighted by Gasteiger charge is 2.30. The molecule has 0 aliphatic carbocycles. The zero-order valence-corrected chi connectivity index (χ0v) is 13.5. The number of carbonyl (C=O) groups is 1. The predicted octanol–water partition coefficient (Wildman–Crippen LogP) is 3.55. The van der Waals surface area contributed by atoms with Crippen LogP contribution in [0.1, 0.15) is 16.1 Å². The number of pyridine rings is 1. The Kier molecular flexibility index (Phi) is 4.61. The van der Waals surface area contributed by atoms with Crippen molar-refractivity contribution >= 4 is 11.6 Å². The summed E-state index contributed by atoms with van der Waals surface area (Å²) in [4.78, 5) is 16.3. The van der Waals surface area contributed by atoms with Gasteiger partial charge in [-0.15, -0.1) is 0 Å². The van der Waals surface area contributed by atoms with Gasteiger partial charge in [-0.25, -0.2) is 4.68 Å². The molecule has 1 amide bonds. The van der Waals surface area contributed by atoms with Crippen molar-refractivity contribution in [2.24, 2.45) is 0 Å². The molecule has 0 aliphatic heterocycles. The number of alkyl halides is 3. The van der Waals surface area contributed by atoms with Crippen LogP contribution in [0.4, 0.5) is 18.9 Å². The van der Waals surface area contributed by atoms with E-state index in [2.05, 4.69) is 15.4 Å². The fourth-order valence-electron chi connectivity index (χ4n) is 2.25. The number of hydrogen-bond acceptors (Lipinski definition) is 4. The van der Waals surface area contributed by atoms with Gasteiger partial charge >= 0.3 is 6.18 Å². The maximum Gasteiger partial charge on any atom is 0.416 e. The lowest BCUT2D eigenvalue weighted by atomic mass is 10.2. The van der Waals surface area contributed by atoms with Gasteiger partial charge in [0.2, 0.25) is 0 Å². The first-order valence-electron chi connectivity index (χ1n) is 7.41. The first-order valence-corrected chi connectivity index (χ1v) is 7.41. The molecule has 134 valence electrons. The van der Waals surface area contributed by atoms with Crippen LogP contribution in [0.15, 0.2) is 55.0 Å². The van der Waals surface area contributed by atoms with Gasteiger partial charge in [-0.3, -0.25) is 9.78 Å². The molecule has 0 spiro atoms. The van der Waals surface area contributed by atoms with E-state index in [0.717, 1.165) is 16.8 Å². The largest absolute Gasteiger partial charge is 0.493 e. The third-order valence-corrected chi connectivity index (χ3v) is 3.47. The van der Waals surface area contributed by atoms with Gasteiger partial charge in [0.1, 0.15) is 0 Å². The molecule has 0 fully saturated rings. The average molecular weight is 362 g/mol. The summed E-state index contributed by atoms with van der Waals surface area (Å²) in [5.74, 6) is -0.440. The molecule has 0 atom stereocenters. The van der Waals surface area contributed by atoms with Crippen molar-refractivity contribution in [2.45, 2.75) is 6.18 Å². The van der Waals surface area contributed by atoms with Crippen LogP contribution in [0.5, 0.6) is 5.75 Å². The number of rotatable bonds is 4. The minimum atomic E-state index is -4.48. The fraction of sp³-hybridized carbons (Fsp3) is 0.118. The molecular formula is C17H13F3N4O2. The van der Waals surface area contributed by atoms with Crippen molar-refractivity contribution in [3.8, 4) is 11.4 Å². The minimum absolute atomic E-state index is 0.0613. The second kappa shape index (κ2) is 6.87. The first kappa shape index (κ1) is 17.5. The summed E-state index contributed by atoms with van der Waals surface area (Å²) in [6.45, 7) is 0. The Morgan fingerprint density at radius 3 is 2.69 bits per heavy atom. The van der Waals surface area contributed by atoms with Crippen LogP contribution in [0.25, 0.3) is 5.69 Å². The van der Waals surface area contributed by atoms with Crippen molar-refractivity contribution in [2.75, 3.05) is 12.4 Å². The van der Waals surface area contributed by atoms with Crippen molar-refractivity contribution in [3.63, 3.8) is 0 Å². The van der Waals surface area contributed by atoms with Gasteiger partial charge in [0, 0.05) is 6.20 Å². The third-order valence-electron chi connectivity index (χ3n) is 3.47. The second-order valence-electron chi connectivity index (χ2n) is 5.23. The van der Waals surface area contributed by atoms with E-state index in [-0.39, 0.29) is 17.1 Å². The lowest BCUT2D eigenvalue weighted by Crippen LogP contribution is -2.14. The average Bonchev–Trinajstić information content (AvgIpc) is 3.06. The number of amides is 1. The Bertz CT molecular complexity index is 923. The van der Waals surface area contributed by atoms with Gasteiger partial charge in [0.15, 0.2) is 11.4 Å². The van der Waals surface area contributed by atoms with E-state index in [1.165, 1.54) is 31.6 Å². The third kappa shape index (κ3) is 3.66. The van der Waals surface area contributed by atoms with Crippen molar-refractivity contribution in [1.29, 1.82) is 0 Å². The van der Waals surface area contributed by atoms with Gasteiger partial charge in [-0.2, -0.15) is 18.3 Å². The monoisotopic (exact) mass is 362 g/mol. The van der Waals surface area contributed by atoms with Gasteiger partial charge in [-0.1, -0.05) is 6.07 Å². The Hall–Kier alpha value is -3.36. The minimum Gasteiger partial charge on any atom is -0.493 e. The zero-order valence-electron chi connectivity index (χ0n) is 13.5. The normalized spacial score (nSPS) is 11.2. The number of methoxy groups -OCH3 is 1. The molecule has 3 aromatic rings. The summed E-state index contributed by atoms with van der Waals surface area (Å²) in [6, 6.07) is 7.90. The van der Waals surface area contributed by atoms with Gasteiger partial charge < -0.3 is 10.1 Å². The Morgan fingerprint density at radius 1 is 1.23 bits per heavy atom. The molecule has 3 rings (SSSR count). The standard InChI is InChI=1S/C17H13F3N4O2/c1-26-14-10-24(13-6-2-4-11(8-13)17(18,19)20)23-15(14)16(25)22-12-5-3-7-21-9-12/h2-10H,1H3,(H,22,25). The van der Waals surface area contributed by atoms with Gasteiger partial charge in [0.05, 0.1) is 36.4 Å². The topological polar surface area (TPSA) is 69.0 Å². The van der Waals surface area contributed by atoms with Crippen LogP contribution in [0.3, 0.4) is 0 Å². The summed E-state index contributed by atoms with van der Waals surface area (Å²) in [6.07, 6.45) is -0.131. The molecule has 2 heterocycles. The molecule has 6 nitrogen and oxygen atoms in total. The van der Waals surface area contributed by atoms with Crippen molar-refractivity contribution < 1.29 is 22.7 Å². The Labute approximate surface area is 146 Å². The van der Waals surface area contributed by atoms with Crippen LogP contribution in [0.2, 0.25) is 0 Å². The molecule has 1 aromatic carbocycles. The van der Waals surface area contributed by atoms with E-state index < -0.39 is 17.6 Å². The summed E-state index contributed by atoms with van der Waals surface area (Å²) in [7, 11) is 1.34. The number of nitrogens with zero attached hydrogens (tertiary/aromatic N) is 3. The highest BCUT2D eigenvalue weighted by atomic mass is 19.4. The van der Waals surface area contributed by atoms with Crippen LogP contribution in [-0.2, 0) is 6.18 Å². The van der Waals surface area contributed by atoms with Crippen LogP contribution >= 0.6 is 0 Å². The van der Waals surface area contributed by atoms with E-state index in [4.69, 9.17) is 4.74 Å². The molecule has 0 saturated carbocycles. The van der Waals surface area contributed by atoms with Gasteiger partial charge in [-0.05, 0) is 30.3 Å². The second-order valence-corrected chi connectivity index (χ2v) is 5.23. The summed E-state index contributed by atoms with van der Waals surface area (Å²) in [5.41, 5.74) is -0.272. The quantitative estimate of drug-likeness (QED) is 0.771. The van der Waals surface area contributed by atoms with E-state index in [0.29, 0.717) is 5.69 Å². The summed E-state index contributed by atoms with van der Waals surface area (Å²) in [5, 5.41) is 6.66. The molecule has 1 N–H and O–H groups in total. The summed E-state index contributed by atoms with van der Waals surface area (Å²) < 4.78 is 44.9. The number of hydrogen-bond donors (Lipinski definition) is 1. The molecule has 0 aliphatic rings. The molecule has 9 heteroatoms. The van der Waals surface area contributed by atoms with E-state index >= 15 is 0 Å². The van der Waals surface area contributed by atoms with Crippen molar-refractivity contribution in [3.05, 3.63) is 66.2 Å². The van der Waals surface area contributed by atoms with Crippen LogP contribution < -0.4 is 10.1 Å². The van der Waals surface area contributed by atoms with Crippen LogP contribution in [0, 0.1) is 0 Å². The number of nitrogens with one attached hydrogen (secondary N) is 1. The SMILES string of the molecule is COc1cn(-c2cccc(C(F)(F)F)c2)nc1C(=O)Nc1cccnc1. The maximum absolute atomic E-state index is 12.9. The van der Waals surface area contributed by atoms with Crippen LogP contribution in [-0.4, -0.2) is 27.8 Å². The predicted molar refractivity (Wildman–Crippen MR) is 87.3 cm³/mol. The zero-order chi connectivity index (χ0) is 18.7. The number of carbonyl (C=O) groups excluding carboxylic acids is 1. The summed E-state index contributed by atoms with van der Waals surface area (Å²) >= 11 is 0. The van der Waals surface area contributed by atoms with Crippen molar-refractivity contribution in [1.82, 2.24) is 14.8 Å². The number of aromatic nitrogens is 3. The lowest BCUT2D eigenvalue weighted by Gasteiger charge is -2.08. The molecule has 0 unspecified atom stereocenters. The molecule has 0 saturated heterocycles. The Balaban J connectivity index is 1.93. The number of anilines is 1. The lowest BCUT2D eigenvalue weighted by molar-refractivity contribution is -0.137.